The predicted molar refractivity (Wildman–Crippen MR) is 65.1 cm³/mol. The first-order chi connectivity index (χ1) is 7.09. The third kappa shape index (κ3) is 4.63. The first kappa shape index (κ1) is 12.5. The zero-order valence-corrected chi connectivity index (χ0v) is 10.4. The smallest absolute Gasteiger partial charge is 0.129 e. The molecule has 15 heavy (non-hydrogen) atoms. The van der Waals surface area contributed by atoms with Crippen molar-refractivity contribution in [3.63, 3.8) is 0 Å². The topological polar surface area (TPSA) is 24.9 Å². The van der Waals surface area contributed by atoms with Crippen LogP contribution in [0.15, 0.2) is 18.3 Å². The summed E-state index contributed by atoms with van der Waals surface area (Å²) in [6, 6.07) is 4.25. The fraction of sp³-hybridized carbons (Fsp3) is 0.583. The van der Waals surface area contributed by atoms with Crippen molar-refractivity contribution in [2.75, 3.05) is 6.54 Å². The number of nitrogens with one attached hydrogen (secondary N) is 1. The van der Waals surface area contributed by atoms with Gasteiger partial charge in [0.1, 0.15) is 5.15 Å². The van der Waals surface area contributed by atoms with Crippen LogP contribution in [-0.2, 0) is 0 Å². The molecule has 0 aromatic carbocycles. The molecule has 0 aliphatic heterocycles. The van der Waals surface area contributed by atoms with E-state index in [4.69, 9.17) is 11.6 Å². The molecule has 1 atom stereocenters. The zero-order chi connectivity index (χ0) is 11.3. The molecular formula is C12H19ClN2. The molecule has 1 rings (SSSR count). The molecule has 0 amide bonds. The van der Waals surface area contributed by atoms with E-state index in [9.17, 15) is 0 Å². The van der Waals surface area contributed by atoms with E-state index in [1.165, 1.54) is 12.0 Å². The highest BCUT2D eigenvalue weighted by Gasteiger charge is 2.05. The van der Waals surface area contributed by atoms with Crippen LogP contribution in [0.2, 0.25) is 5.15 Å². The van der Waals surface area contributed by atoms with Crippen molar-refractivity contribution in [3.05, 3.63) is 29.0 Å². The van der Waals surface area contributed by atoms with E-state index in [1.54, 1.807) is 6.20 Å². The lowest BCUT2D eigenvalue weighted by Crippen LogP contribution is -2.21. The summed E-state index contributed by atoms with van der Waals surface area (Å²) < 4.78 is 0. The fourth-order valence-corrected chi connectivity index (χ4v) is 1.58. The molecule has 0 saturated carbocycles. The van der Waals surface area contributed by atoms with Gasteiger partial charge in [0.25, 0.3) is 0 Å². The highest BCUT2D eigenvalue weighted by molar-refractivity contribution is 6.29. The van der Waals surface area contributed by atoms with Crippen LogP contribution < -0.4 is 5.32 Å². The van der Waals surface area contributed by atoms with E-state index in [0.29, 0.717) is 11.2 Å². The molecule has 0 bridgehead atoms. The van der Waals surface area contributed by atoms with Crippen molar-refractivity contribution in [2.24, 2.45) is 5.92 Å². The van der Waals surface area contributed by atoms with E-state index in [0.717, 1.165) is 12.5 Å². The molecular weight excluding hydrogens is 208 g/mol. The van der Waals surface area contributed by atoms with Crippen LogP contribution in [0.3, 0.4) is 0 Å². The number of hydrogen-bond donors (Lipinski definition) is 1. The second-order valence-electron chi connectivity index (χ2n) is 4.27. The lowest BCUT2D eigenvalue weighted by Gasteiger charge is -2.15. The number of hydrogen-bond acceptors (Lipinski definition) is 2. The van der Waals surface area contributed by atoms with Crippen LogP contribution in [0.1, 0.15) is 38.8 Å². The van der Waals surface area contributed by atoms with E-state index in [-0.39, 0.29) is 0 Å². The maximum absolute atomic E-state index is 5.83. The lowest BCUT2D eigenvalue weighted by molar-refractivity contribution is 0.497. The average Bonchev–Trinajstić information content (AvgIpc) is 2.17. The minimum atomic E-state index is 0.337. The van der Waals surface area contributed by atoms with Crippen LogP contribution in [-0.4, -0.2) is 11.5 Å². The molecule has 0 spiro atoms. The summed E-state index contributed by atoms with van der Waals surface area (Å²) in [5, 5.41) is 4.03. The van der Waals surface area contributed by atoms with Crippen LogP contribution in [0, 0.1) is 5.92 Å². The largest absolute Gasteiger partial charge is 0.310 e. The number of nitrogens with zero attached hydrogens (tertiary/aromatic N) is 1. The standard InChI is InChI=1S/C12H19ClN2/c1-9(2)4-6-14-10(3)11-5-7-15-12(13)8-11/h5,7-10,14H,4,6H2,1-3H3. The quantitative estimate of drug-likeness (QED) is 0.779. The van der Waals surface area contributed by atoms with E-state index >= 15 is 0 Å². The van der Waals surface area contributed by atoms with E-state index in [2.05, 4.69) is 31.1 Å². The Hall–Kier alpha value is -0.600. The highest BCUT2D eigenvalue weighted by Crippen LogP contribution is 2.15. The number of halogens is 1. The Morgan fingerprint density at radius 3 is 2.73 bits per heavy atom. The number of rotatable bonds is 5. The Morgan fingerprint density at radius 1 is 1.40 bits per heavy atom. The van der Waals surface area contributed by atoms with Gasteiger partial charge in [0.05, 0.1) is 0 Å². The molecule has 1 heterocycles. The van der Waals surface area contributed by atoms with Gasteiger partial charge in [-0.1, -0.05) is 25.4 Å². The van der Waals surface area contributed by atoms with Gasteiger partial charge in [0, 0.05) is 12.2 Å². The van der Waals surface area contributed by atoms with Gasteiger partial charge in [-0.05, 0) is 43.5 Å². The Bertz CT molecular complexity index is 299. The molecule has 0 fully saturated rings. The minimum absolute atomic E-state index is 0.337. The molecule has 1 unspecified atom stereocenters. The Morgan fingerprint density at radius 2 is 2.13 bits per heavy atom. The molecule has 0 saturated heterocycles. The summed E-state index contributed by atoms with van der Waals surface area (Å²) in [4.78, 5) is 3.97. The molecule has 3 heteroatoms. The predicted octanol–water partition coefficient (Wildman–Crippen LogP) is 3.43. The molecule has 1 aromatic heterocycles. The van der Waals surface area contributed by atoms with Gasteiger partial charge in [-0.15, -0.1) is 0 Å². The molecule has 2 nitrogen and oxygen atoms in total. The summed E-state index contributed by atoms with van der Waals surface area (Å²) in [6.45, 7) is 7.65. The first-order valence-corrected chi connectivity index (χ1v) is 5.82. The molecule has 1 N–H and O–H groups in total. The molecule has 0 aliphatic rings. The fourth-order valence-electron chi connectivity index (χ4n) is 1.39. The van der Waals surface area contributed by atoms with Crippen molar-refractivity contribution >= 4 is 11.6 Å². The second-order valence-corrected chi connectivity index (χ2v) is 4.66. The highest BCUT2D eigenvalue weighted by atomic mass is 35.5. The van der Waals surface area contributed by atoms with Crippen LogP contribution >= 0.6 is 11.6 Å². The molecule has 1 aromatic rings. The summed E-state index contributed by atoms with van der Waals surface area (Å²) in [5.41, 5.74) is 1.19. The van der Waals surface area contributed by atoms with Crippen molar-refractivity contribution < 1.29 is 0 Å². The van der Waals surface area contributed by atoms with E-state index in [1.807, 2.05) is 12.1 Å². The van der Waals surface area contributed by atoms with Crippen molar-refractivity contribution in [1.82, 2.24) is 10.3 Å². The van der Waals surface area contributed by atoms with Crippen LogP contribution in [0.25, 0.3) is 0 Å². The summed E-state index contributed by atoms with van der Waals surface area (Å²) >= 11 is 5.83. The number of aromatic nitrogens is 1. The van der Waals surface area contributed by atoms with Crippen LogP contribution in [0.5, 0.6) is 0 Å². The second kappa shape index (κ2) is 6.09. The SMILES string of the molecule is CC(C)CCNC(C)c1ccnc(Cl)c1. The van der Waals surface area contributed by atoms with Gasteiger partial charge >= 0.3 is 0 Å². The monoisotopic (exact) mass is 226 g/mol. The number of pyridine rings is 1. The lowest BCUT2D eigenvalue weighted by atomic mass is 10.1. The first-order valence-electron chi connectivity index (χ1n) is 5.44. The van der Waals surface area contributed by atoms with Gasteiger partial charge in [-0.2, -0.15) is 0 Å². The van der Waals surface area contributed by atoms with Gasteiger partial charge in [-0.3, -0.25) is 0 Å². The maximum atomic E-state index is 5.83. The summed E-state index contributed by atoms with van der Waals surface area (Å²) in [6.07, 6.45) is 2.95. The third-order valence-electron chi connectivity index (χ3n) is 2.42. The van der Waals surface area contributed by atoms with Crippen molar-refractivity contribution in [1.29, 1.82) is 0 Å². The maximum Gasteiger partial charge on any atom is 0.129 e. The zero-order valence-electron chi connectivity index (χ0n) is 9.63. The van der Waals surface area contributed by atoms with Crippen LogP contribution in [0.4, 0.5) is 0 Å². The Kier molecular flexibility index (Phi) is 5.06. The minimum Gasteiger partial charge on any atom is -0.310 e. The van der Waals surface area contributed by atoms with Gasteiger partial charge in [0.15, 0.2) is 0 Å². The average molecular weight is 227 g/mol. The normalized spacial score (nSPS) is 13.1. The summed E-state index contributed by atoms with van der Waals surface area (Å²) in [5.74, 6) is 0.741. The third-order valence-corrected chi connectivity index (χ3v) is 2.63. The molecule has 0 radical (unpaired) electrons. The van der Waals surface area contributed by atoms with Crippen molar-refractivity contribution in [2.45, 2.75) is 33.2 Å². The Balaban J connectivity index is 2.43. The summed E-state index contributed by atoms with van der Waals surface area (Å²) in [7, 11) is 0. The molecule has 84 valence electrons. The van der Waals surface area contributed by atoms with E-state index < -0.39 is 0 Å². The van der Waals surface area contributed by atoms with Gasteiger partial charge in [0.2, 0.25) is 0 Å². The van der Waals surface area contributed by atoms with Gasteiger partial charge < -0.3 is 5.32 Å². The van der Waals surface area contributed by atoms with Gasteiger partial charge in [-0.25, -0.2) is 4.98 Å². The van der Waals surface area contributed by atoms with Crippen molar-refractivity contribution in [3.8, 4) is 0 Å². The Labute approximate surface area is 97.1 Å². The molecule has 0 aliphatic carbocycles.